The molecular formula is C4H10Cl2O. The van der Waals surface area contributed by atoms with E-state index in [0.29, 0.717) is 5.76 Å². The zero-order chi connectivity index (χ0) is 4.28. The lowest BCUT2D eigenvalue weighted by Gasteiger charge is -1.75. The minimum Gasteiger partial charge on any atom is -0.513 e. The van der Waals surface area contributed by atoms with Crippen molar-refractivity contribution in [2.45, 2.75) is 13.8 Å². The minimum absolute atomic E-state index is 0. The van der Waals surface area contributed by atoms with E-state index in [0.717, 1.165) is 0 Å². The van der Waals surface area contributed by atoms with E-state index >= 15 is 0 Å². The first-order valence-corrected chi connectivity index (χ1v) is 1.59. The molecule has 1 nitrogen and oxygen atoms in total. The molecule has 1 N–H and O–H groups in total. The Morgan fingerprint density at radius 1 is 1.43 bits per heavy atom. The van der Waals surface area contributed by atoms with Crippen LogP contribution in [0.3, 0.4) is 0 Å². The highest BCUT2D eigenvalue weighted by Gasteiger charge is 1.63. The highest BCUT2D eigenvalue weighted by Crippen LogP contribution is 1.77. The van der Waals surface area contributed by atoms with Gasteiger partial charge in [0.2, 0.25) is 0 Å². The first-order valence-electron chi connectivity index (χ1n) is 1.59. The number of halogens is 2. The van der Waals surface area contributed by atoms with Crippen molar-refractivity contribution in [3.8, 4) is 0 Å². The monoisotopic (exact) mass is 144 g/mol. The molecule has 0 spiro atoms. The van der Waals surface area contributed by atoms with E-state index in [2.05, 4.69) is 0 Å². The Labute approximate surface area is 56.2 Å². The van der Waals surface area contributed by atoms with Gasteiger partial charge in [-0.25, -0.2) is 0 Å². The maximum Gasteiger partial charge on any atom is 0.0849 e. The molecule has 0 unspecified atom stereocenters. The molecule has 0 fully saturated rings. The van der Waals surface area contributed by atoms with Gasteiger partial charge in [0.25, 0.3) is 0 Å². The molecule has 0 aliphatic heterocycles. The predicted molar refractivity (Wildman–Crippen MR) is 36.6 cm³/mol. The Hall–Kier alpha value is 0.120. The molecule has 0 atom stereocenters. The average Bonchev–Trinajstić information content (AvgIpc) is 1.38. The van der Waals surface area contributed by atoms with Gasteiger partial charge in [0.1, 0.15) is 0 Å². The van der Waals surface area contributed by atoms with Crippen molar-refractivity contribution < 1.29 is 5.11 Å². The topological polar surface area (TPSA) is 20.2 Å². The highest BCUT2D eigenvalue weighted by molar-refractivity contribution is 5.85. The van der Waals surface area contributed by atoms with Crippen LogP contribution in [-0.4, -0.2) is 5.11 Å². The second-order valence-electron chi connectivity index (χ2n) is 0.930. The van der Waals surface area contributed by atoms with Crippen LogP contribution in [0.2, 0.25) is 0 Å². The van der Waals surface area contributed by atoms with E-state index in [4.69, 9.17) is 5.11 Å². The number of hydrogen-bond donors (Lipinski definition) is 1. The van der Waals surface area contributed by atoms with Crippen molar-refractivity contribution >= 4 is 24.8 Å². The average molecular weight is 145 g/mol. The molecule has 0 saturated carbocycles. The van der Waals surface area contributed by atoms with Crippen molar-refractivity contribution in [2.75, 3.05) is 0 Å². The van der Waals surface area contributed by atoms with Crippen LogP contribution in [0.4, 0.5) is 0 Å². The Morgan fingerprint density at radius 3 is 1.57 bits per heavy atom. The zero-order valence-electron chi connectivity index (χ0n) is 4.34. The molecule has 3 heteroatoms. The maximum absolute atomic E-state index is 8.22. The first kappa shape index (κ1) is 15.7. The third-order valence-corrected chi connectivity index (χ3v) is 0.418. The summed E-state index contributed by atoms with van der Waals surface area (Å²) in [4.78, 5) is 0. The van der Waals surface area contributed by atoms with Crippen molar-refractivity contribution in [1.82, 2.24) is 0 Å². The lowest BCUT2D eigenvalue weighted by atomic mass is 10.5. The van der Waals surface area contributed by atoms with Crippen molar-refractivity contribution in [1.29, 1.82) is 0 Å². The molecule has 0 amide bonds. The SMILES string of the molecule is CC=C(C)O.Cl.Cl. The van der Waals surface area contributed by atoms with Gasteiger partial charge in [-0.2, -0.15) is 0 Å². The van der Waals surface area contributed by atoms with Gasteiger partial charge in [-0.15, -0.1) is 24.8 Å². The van der Waals surface area contributed by atoms with Crippen LogP contribution in [0.5, 0.6) is 0 Å². The number of allylic oxidation sites excluding steroid dienone is 2. The summed E-state index contributed by atoms with van der Waals surface area (Å²) in [6, 6.07) is 0. The molecule has 0 aromatic heterocycles. The van der Waals surface area contributed by atoms with Gasteiger partial charge in [-0.05, 0) is 13.8 Å². The second-order valence-corrected chi connectivity index (χ2v) is 0.930. The minimum atomic E-state index is 0. The zero-order valence-corrected chi connectivity index (χ0v) is 5.97. The van der Waals surface area contributed by atoms with Gasteiger partial charge in [0.05, 0.1) is 5.76 Å². The molecule has 0 rings (SSSR count). The molecule has 0 bridgehead atoms. The van der Waals surface area contributed by atoms with Crippen LogP contribution in [0.1, 0.15) is 13.8 Å². The van der Waals surface area contributed by atoms with Gasteiger partial charge in [0, 0.05) is 0 Å². The van der Waals surface area contributed by atoms with E-state index in [1.165, 1.54) is 0 Å². The van der Waals surface area contributed by atoms with Crippen molar-refractivity contribution in [3.05, 3.63) is 11.8 Å². The normalized spacial score (nSPS) is 8.57. The molecule has 0 saturated heterocycles. The third-order valence-electron chi connectivity index (χ3n) is 0.418. The van der Waals surface area contributed by atoms with Gasteiger partial charge < -0.3 is 5.11 Å². The molecule has 0 aliphatic rings. The first-order chi connectivity index (χ1) is 2.27. The predicted octanol–water partition coefficient (Wildman–Crippen LogP) is 2.31. The number of hydrogen-bond acceptors (Lipinski definition) is 1. The quantitative estimate of drug-likeness (QED) is 0.518. The smallest absolute Gasteiger partial charge is 0.0849 e. The highest BCUT2D eigenvalue weighted by atomic mass is 35.5. The van der Waals surface area contributed by atoms with Crippen molar-refractivity contribution in [3.63, 3.8) is 0 Å². The van der Waals surface area contributed by atoms with Crippen LogP contribution < -0.4 is 0 Å². The summed E-state index contributed by atoms with van der Waals surface area (Å²) in [6.45, 7) is 3.43. The molecule has 0 aliphatic carbocycles. The summed E-state index contributed by atoms with van der Waals surface area (Å²) < 4.78 is 0. The van der Waals surface area contributed by atoms with E-state index in [1.54, 1.807) is 19.9 Å². The number of aliphatic hydroxyl groups is 1. The van der Waals surface area contributed by atoms with Gasteiger partial charge >= 0.3 is 0 Å². The van der Waals surface area contributed by atoms with Crippen LogP contribution in [0.25, 0.3) is 0 Å². The second kappa shape index (κ2) is 9.45. The number of aliphatic hydroxyl groups excluding tert-OH is 1. The summed E-state index contributed by atoms with van der Waals surface area (Å²) in [5, 5.41) is 8.22. The standard InChI is InChI=1S/C4H8O.2ClH/c1-3-4(2)5;;/h3,5H,1-2H3;2*1H. The fourth-order valence-corrected chi connectivity index (χ4v) is 0. The van der Waals surface area contributed by atoms with E-state index in [-0.39, 0.29) is 24.8 Å². The van der Waals surface area contributed by atoms with E-state index in [9.17, 15) is 0 Å². The van der Waals surface area contributed by atoms with Gasteiger partial charge in [0.15, 0.2) is 0 Å². The molecule has 0 aromatic rings. The van der Waals surface area contributed by atoms with Crippen molar-refractivity contribution in [2.24, 2.45) is 0 Å². The Morgan fingerprint density at radius 2 is 1.57 bits per heavy atom. The summed E-state index contributed by atoms with van der Waals surface area (Å²) >= 11 is 0. The summed E-state index contributed by atoms with van der Waals surface area (Å²) in [5.41, 5.74) is 0. The van der Waals surface area contributed by atoms with E-state index in [1.807, 2.05) is 0 Å². The Bertz CT molecular complexity index is 47.7. The molecule has 46 valence electrons. The fourth-order valence-electron chi connectivity index (χ4n) is 0. The fraction of sp³-hybridized carbons (Fsp3) is 0.500. The van der Waals surface area contributed by atoms with Crippen LogP contribution in [0, 0.1) is 0 Å². The van der Waals surface area contributed by atoms with E-state index < -0.39 is 0 Å². The lowest BCUT2D eigenvalue weighted by Crippen LogP contribution is -1.60. The molecular weight excluding hydrogens is 135 g/mol. The Kier molecular flexibility index (Phi) is 21.2. The number of rotatable bonds is 0. The van der Waals surface area contributed by atoms with Crippen LogP contribution in [-0.2, 0) is 0 Å². The van der Waals surface area contributed by atoms with Crippen LogP contribution >= 0.6 is 24.8 Å². The Balaban J connectivity index is -0.0000000800. The lowest BCUT2D eigenvalue weighted by molar-refractivity contribution is 0.413. The van der Waals surface area contributed by atoms with Gasteiger partial charge in [-0.1, -0.05) is 6.08 Å². The summed E-state index contributed by atoms with van der Waals surface area (Å²) in [5.74, 6) is 0.380. The molecule has 7 heavy (non-hydrogen) atoms. The largest absolute Gasteiger partial charge is 0.513 e. The molecule has 0 aromatic carbocycles. The van der Waals surface area contributed by atoms with Gasteiger partial charge in [-0.3, -0.25) is 0 Å². The third kappa shape index (κ3) is 23.1. The van der Waals surface area contributed by atoms with Crippen LogP contribution in [0.15, 0.2) is 11.8 Å². The maximum atomic E-state index is 8.22. The molecule has 0 radical (unpaired) electrons. The molecule has 0 heterocycles. The summed E-state index contributed by atoms with van der Waals surface area (Å²) in [7, 11) is 0. The summed E-state index contributed by atoms with van der Waals surface area (Å²) in [6.07, 6.45) is 1.64.